The summed E-state index contributed by atoms with van der Waals surface area (Å²) in [5.74, 6) is 0.644. The van der Waals surface area contributed by atoms with Crippen molar-refractivity contribution in [2.45, 2.75) is 6.10 Å². The van der Waals surface area contributed by atoms with Gasteiger partial charge in [0.05, 0.1) is 19.8 Å². The monoisotopic (exact) mass is 351 g/mol. The van der Waals surface area contributed by atoms with E-state index in [1.807, 2.05) is 18.2 Å². The first kappa shape index (κ1) is 18.7. The number of guanidine groups is 1. The van der Waals surface area contributed by atoms with Crippen LogP contribution in [-0.2, 0) is 9.47 Å². The van der Waals surface area contributed by atoms with Gasteiger partial charge in [0, 0.05) is 36.8 Å². The Balaban J connectivity index is 1.74. The van der Waals surface area contributed by atoms with Crippen LogP contribution in [-0.4, -0.2) is 58.1 Å². The van der Waals surface area contributed by atoms with Crippen molar-refractivity contribution in [1.82, 2.24) is 10.6 Å². The number of ether oxygens (including phenoxy) is 2. The van der Waals surface area contributed by atoms with Crippen LogP contribution in [0, 0.1) is 0 Å². The summed E-state index contributed by atoms with van der Waals surface area (Å²) in [4.78, 5) is 5.08. The fourth-order valence-electron chi connectivity index (χ4n) is 2.17. The summed E-state index contributed by atoms with van der Waals surface area (Å²) in [6.45, 7) is 2.78. The molecule has 0 saturated carbocycles. The Morgan fingerprint density at radius 2 is 2.08 bits per heavy atom. The van der Waals surface area contributed by atoms with E-state index in [1.165, 1.54) is 4.70 Å². The molecule has 0 spiro atoms. The predicted molar refractivity (Wildman–Crippen MR) is 98.8 cm³/mol. The first-order valence-corrected chi connectivity index (χ1v) is 8.74. The van der Waals surface area contributed by atoms with Crippen LogP contribution in [0.1, 0.15) is 11.0 Å². The highest BCUT2D eigenvalue weighted by molar-refractivity contribution is 7.19. The summed E-state index contributed by atoms with van der Waals surface area (Å²) < 4.78 is 11.5. The number of rotatable bonds is 9. The third-order valence-electron chi connectivity index (χ3n) is 3.43. The van der Waals surface area contributed by atoms with Gasteiger partial charge in [0.15, 0.2) is 5.96 Å². The highest BCUT2D eigenvalue weighted by atomic mass is 32.1. The maximum atomic E-state index is 10.4. The molecule has 0 saturated heterocycles. The van der Waals surface area contributed by atoms with Crippen LogP contribution in [0.5, 0.6) is 0 Å². The highest BCUT2D eigenvalue weighted by Crippen LogP contribution is 2.29. The summed E-state index contributed by atoms with van der Waals surface area (Å²) >= 11 is 1.61. The lowest BCUT2D eigenvalue weighted by Crippen LogP contribution is -2.40. The number of hydrogen-bond acceptors (Lipinski definition) is 5. The smallest absolute Gasteiger partial charge is 0.191 e. The van der Waals surface area contributed by atoms with Gasteiger partial charge in [0.25, 0.3) is 0 Å². The van der Waals surface area contributed by atoms with Crippen molar-refractivity contribution >= 4 is 27.4 Å². The second kappa shape index (κ2) is 10.2. The zero-order valence-corrected chi connectivity index (χ0v) is 14.9. The van der Waals surface area contributed by atoms with Gasteiger partial charge in [-0.3, -0.25) is 4.99 Å². The van der Waals surface area contributed by atoms with Gasteiger partial charge >= 0.3 is 0 Å². The van der Waals surface area contributed by atoms with E-state index in [1.54, 1.807) is 25.5 Å². The summed E-state index contributed by atoms with van der Waals surface area (Å²) in [5, 5.41) is 17.8. The SMILES string of the molecule is CN=C(NCCOCCOC)NCC(O)c1cc2ccccc2s1. The number of nitrogens with one attached hydrogen (secondary N) is 2. The lowest BCUT2D eigenvalue weighted by molar-refractivity contribution is 0.0733. The molecule has 132 valence electrons. The minimum absolute atomic E-state index is 0.400. The molecule has 2 aromatic rings. The number of benzene rings is 1. The molecule has 3 N–H and O–H groups in total. The zero-order valence-electron chi connectivity index (χ0n) is 14.1. The van der Waals surface area contributed by atoms with Crippen molar-refractivity contribution in [3.63, 3.8) is 0 Å². The van der Waals surface area contributed by atoms with Crippen LogP contribution < -0.4 is 10.6 Å². The fraction of sp³-hybridized carbons (Fsp3) is 0.471. The third kappa shape index (κ3) is 5.76. The Bertz CT molecular complexity index is 612. The predicted octanol–water partition coefficient (Wildman–Crippen LogP) is 1.76. The van der Waals surface area contributed by atoms with E-state index < -0.39 is 6.10 Å². The van der Waals surface area contributed by atoms with Crippen molar-refractivity contribution in [2.75, 3.05) is 47.1 Å². The first-order valence-electron chi connectivity index (χ1n) is 7.92. The molecule has 2 rings (SSSR count). The van der Waals surface area contributed by atoms with Gasteiger partial charge in [-0.25, -0.2) is 0 Å². The second-order valence-electron chi connectivity index (χ2n) is 5.19. The summed E-state index contributed by atoms with van der Waals surface area (Å²) in [6, 6.07) is 10.2. The van der Waals surface area contributed by atoms with E-state index in [9.17, 15) is 5.11 Å². The Hall–Kier alpha value is -1.67. The quantitative estimate of drug-likeness (QED) is 0.365. The van der Waals surface area contributed by atoms with Crippen LogP contribution >= 0.6 is 11.3 Å². The van der Waals surface area contributed by atoms with Crippen LogP contribution in [0.25, 0.3) is 10.1 Å². The number of hydrogen-bond donors (Lipinski definition) is 3. The van der Waals surface area contributed by atoms with Gasteiger partial charge in [-0.05, 0) is 17.5 Å². The maximum absolute atomic E-state index is 10.4. The lowest BCUT2D eigenvalue weighted by atomic mass is 10.2. The molecule has 0 amide bonds. The van der Waals surface area contributed by atoms with Gasteiger partial charge < -0.3 is 25.2 Å². The molecule has 1 unspecified atom stereocenters. The van der Waals surface area contributed by atoms with Crippen molar-refractivity contribution < 1.29 is 14.6 Å². The highest BCUT2D eigenvalue weighted by Gasteiger charge is 2.12. The van der Waals surface area contributed by atoms with Gasteiger partial charge in [-0.15, -0.1) is 11.3 Å². The molecule has 1 aromatic carbocycles. The Morgan fingerprint density at radius 3 is 2.83 bits per heavy atom. The molecule has 0 bridgehead atoms. The Labute approximate surface area is 146 Å². The number of nitrogens with zero attached hydrogens (tertiary/aromatic N) is 1. The van der Waals surface area contributed by atoms with Gasteiger partial charge in [-0.2, -0.15) is 0 Å². The summed E-state index contributed by atoms with van der Waals surface area (Å²) in [7, 11) is 3.35. The molecule has 1 heterocycles. The topological polar surface area (TPSA) is 75.1 Å². The van der Waals surface area contributed by atoms with Crippen molar-refractivity contribution in [3.8, 4) is 0 Å². The second-order valence-corrected chi connectivity index (χ2v) is 6.30. The van der Waals surface area contributed by atoms with Crippen molar-refractivity contribution in [3.05, 3.63) is 35.2 Å². The molecular weight excluding hydrogens is 326 g/mol. The van der Waals surface area contributed by atoms with Crippen LogP contribution in [0.2, 0.25) is 0 Å². The minimum atomic E-state index is -0.570. The van der Waals surface area contributed by atoms with E-state index in [2.05, 4.69) is 27.8 Å². The average Bonchev–Trinajstić information content (AvgIpc) is 3.04. The molecule has 0 radical (unpaired) electrons. The van der Waals surface area contributed by atoms with Crippen LogP contribution in [0.3, 0.4) is 0 Å². The number of fused-ring (bicyclic) bond motifs is 1. The summed E-state index contributed by atoms with van der Waals surface area (Å²) in [6.07, 6.45) is -0.570. The van der Waals surface area contributed by atoms with E-state index in [-0.39, 0.29) is 0 Å². The Kier molecular flexibility index (Phi) is 7.97. The summed E-state index contributed by atoms with van der Waals surface area (Å²) in [5.41, 5.74) is 0. The third-order valence-corrected chi connectivity index (χ3v) is 4.65. The number of aliphatic imine (C=N–C) groups is 1. The first-order chi connectivity index (χ1) is 11.7. The molecule has 7 heteroatoms. The molecule has 0 aliphatic rings. The van der Waals surface area contributed by atoms with Gasteiger partial charge in [-0.1, -0.05) is 18.2 Å². The minimum Gasteiger partial charge on any atom is -0.386 e. The number of methoxy groups -OCH3 is 1. The number of thiophene rings is 1. The maximum Gasteiger partial charge on any atom is 0.191 e. The number of aliphatic hydroxyl groups excluding tert-OH is 1. The average molecular weight is 351 g/mol. The molecule has 0 aliphatic heterocycles. The Morgan fingerprint density at radius 1 is 1.25 bits per heavy atom. The molecule has 0 aliphatic carbocycles. The van der Waals surface area contributed by atoms with E-state index in [0.717, 1.165) is 10.3 Å². The largest absolute Gasteiger partial charge is 0.386 e. The van der Waals surface area contributed by atoms with Crippen molar-refractivity contribution in [1.29, 1.82) is 0 Å². The fourth-order valence-corrected chi connectivity index (χ4v) is 3.22. The molecule has 0 fully saturated rings. The standard InChI is InChI=1S/C17H25N3O3S/c1-18-17(19-7-8-23-10-9-22-2)20-12-14(21)16-11-13-5-3-4-6-15(13)24-16/h3-6,11,14,21H,7-10,12H2,1-2H3,(H2,18,19,20). The van der Waals surface area contributed by atoms with Gasteiger partial charge in [0.1, 0.15) is 6.10 Å². The molecule has 24 heavy (non-hydrogen) atoms. The molecule has 1 aromatic heterocycles. The molecule has 1 atom stereocenters. The van der Waals surface area contributed by atoms with Crippen LogP contribution in [0.15, 0.2) is 35.3 Å². The van der Waals surface area contributed by atoms with E-state index in [0.29, 0.717) is 38.9 Å². The van der Waals surface area contributed by atoms with Gasteiger partial charge in [0.2, 0.25) is 0 Å². The van der Waals surface area contributed by atoms with Crippen molar-refractivity contribution in [2.24, 2.45) is 4.99 Å². The zero-order chi connectivity index (χ0) is 17.2. The normalized spacial score (nSPS) is 13.2. The molecule has 6 nitrogen and oxygen atoms in total. The number of aliphatic hydroxyl groups is 1. The lowest BCUT2D eigenvalue weighted by Gasteiger charge is -2.14. The van der Waals surface area contributed by atoms with E-state index >= 15 is 0 Å². The van der Waals surface area contributed by atoms with E-state index in [4.69, 9.17) is 9.47 Å². The van der Waals surface area contributed by atoms with Crippen LogP contribution in [0.4, 0.5) is 0 Å². The molecular formula is C17H25N3O3S.